The minimum atomic E-state index is -1.20. The zero-order valence-electron chi connectivity index (χ0n) is 13.8. The summed E-state index contributed by atoms with van der Waals surface area (Å²) in [5.41, 5.74) is -0.233. The average Bonchev–Trinajstić information content (AvgIpc) is 2.86. The maximum absolute atomic E-state index is 13.3. The van der Waals surface area contributed by atoms with Crippen LogP contribution in [-0.4, -0.2) is 15.6 Å². The lowest BCUT2D eigenvalue weighted by Gasteiger charge is -2.03. The molecule has 0 saturated carbocycles. The number of hydrogen-bond donors (Lipinski definition) is 1. The van der Waals surface area contributed by atoms with Crippen molar-refractivity contribution in [1.82, 2.24) is 4.57 Å². The van der Waals surface area contributed by atoms with Crippen LogP contribution in [0.5, 0.6) is 0 Å². The molecule has 0 aliphatic carbocycles. The Labute approximate surface area is 133 Å². The third-order valence-corrected chi connectivity index (χ3v) is 4.08. The largest absolute Gasteiger partial charge is 0.478 e. The molecule has 0 aliphatic heterocycles. The Morgan fingerprint density at radius 1 is 0.955 bits per heavy atom. The van der Waals surface area contributed by atoms with E-state index in [-0.39, 0.29) is 5.56 Å². The van der Waals surface area contributed by atoms with Gasteiger partial charge in [0.15, 0.2) is 5.82 Å². The summed E-state index contributed by atoms with van der Waals surface area (Å²) >= 11 is 0. The molecule has 0 fully saturated rings. The van der Waals surface area contributed by atoms with Crippen molar-refractivity contribution in [2.45, 2.75) is 84.1 Å². The van der Waals surface area contributed by atoms with Crippen LogP contribution in [0.4, 0.5) is 4.39 Å². The monoisotopic (exact) mass is 311 g/mol. The molecule has 126 valence electrons. The van der Waals surface area contributed by atoms with Gasteiger partial charge in [-0.05, 0) is 6.42 Å². The molecule has 0 spiro atoms. The highest BCUT2D eigenvalue weighted by molar-refractivity contribution is 5.87. The van der Waals surface area contributed by atoms with E-state index in [4.69, 9.17) is 5.11 Å². The Hall–Kier alpha value is -1.32. The molecule has 0 bridgehead atoms. The van der Waals surface area contributed by atoms with E-state index in [1.807, 2.05) is 0 Å². The minimum Gasteiger partial charge on any atom is -0.478 e. The topological polar surface area (TPSA) is 42.2 Å². The van der Waals surface area contributed by atoms with E-state index in [0.717, 1.165) is 12.8 Å². The van der Waals surface area contributed by atoms with Gasteiger partial charge in [0.05, 0.1) is 0 Å². The van der Waals surface area contributed by atoms with Crippen LogP contribution >= 0.6 is 0 Å². The van der Waals surface area contributed by atoms with Crippen LogP contribution in [0.2, 0.25) is 0 Å². The van der Waals surface area contributed by atoms with E-state index in [2.05, 4.69) is 6.92 Å². The van der Waals surface area contributed by atoms with Crippen molar-refractivity contribution < 1.29 is 14.3 Å². The van der Waals surface area contributed by atoms with Gasteiger partial charge in [0, 0.05) is 18.9 Å². The number of nitrogens with zero attached hydrogens (tertiary/aromatic N) is 1. The molecule has 1 heterocycles. The van der Waals surface area contributed by atoms with Crippen LogP contribution in [-0.2, 0) is 6.54 Å². The number of hydrogen-bond acceptors (Lipinski definition) is 1. The van der Waals surface area contributed by atoms with Gasteiger partial charge in [0.25, 0.3) is 0 Å². The van der Waals surface area contributed by atoms with Crippen LogP contribution in [0.15, 0.2) is 12.4 Å². The van der Waals surface area contributed by atoms with Crippen LogP contribution in [0.1, 0.15) is 87.9 Å². The number of aromatic carboxylic acids is 1. The summed E-state index contributed by atoms with van der Waals surface area (Å²) < 4.78 is 14.9. The molecule has 1 aromatic rings. The van der Waals surface area contributed by atoms with Crippen molar-refractivity contribution in [2.24, 2.45) is 0 Å². The number of aryl methyl sites for hydroxylation is 1. The van der Waals surface area contributed by atoms with Gasteiger partial charge in [-0.1, -0.05) is 71.1 Å². The molecular weight excluding hydrogens is 281 g/mol. The Morgan fingerprint density at radius 3 is 1.91 bits per heavy atom. The minimum absolute atomic E-state index is 0.233. The molecule has 0 atom stereocenters. The number of carboxylic acids is 1. The predicted molar refractivity (Wildman–Crippen MR) is 87.8 cm³/mol. The summed E-state index contributed by atoms with van der Waals surface area (Å²) in [4.78, 5) is 10.7. The molecule has 1 aromatic heterocycles. The molecule has 1 N–H and O–H groups in total. The summed E-state index contributed by atoms with van der Waals surface area (Å²) in [7, 11) is 0. The van der Waals surface area contributed by atoms with Gasteiger partial charge in [-0.15, -0.1) is 0 Å². The van der Waals surface area contributed by atoms with Crippen LogP contribution in [0.3, 0.4) is 0 Å². The second-order valence-corrected chi connectivity index (χ2v) is 6.10. The standard InChI is InChI=1S/C18H30FNO2/c1-2-3-4-5-6-7-8-9-10-11-12-13-20-14-16(18(21)22)17(19)15-20/h14-15H,2-13H2,1H3,(H,21,22). The van der Waals surface area contributed by atoms with Gasteiger partial charge in [0.2, 0.25) is 0 Å². The number of halogens is 1. The molecule has 0 amide bonds. The molecule has 0 aromatic carbocycles. The Balaban J connectivity index is 1.97. The predicted octanol–water partition coefficient (Wildman–Crippen LogP) is 5.64. The van der Waals surface area contributed by atoms with E-state index in [0.29, 0.717) is 6.54 Å². The van der Waals surface area contributed by atoms with E-state index < -0.39 is 11.8 Å². The Bertz CT molecular complexity index is 429. The fourth-order valence-corrected chi connectivity index (χ4v) is 2.72. The fourth-order valence-electron chi connectivity index (χ4n) is 2.72. The van der Waals surface area contributed by atoms with Crippen molar-refractivity contribution in [3.05, 3.63) is 23.8 Å². The lowest BCUT2D eigenvalue weighted by atomic mass is 10.1. The summed E-state index contributed by atoms with van der Waals surface area (Å²) in [6.07, 6.45) is 16.7. The molecule has 0 unspecified atom stereocenters. The van der Waals surface area contributed by atoms with Gasteiger partial charge >= 0.3 is 5.97 Å². The first kappa shape index (κ1) is 18.7. The molecule has 0 aliphatic rings. The van der Waals surface area contributed by atoms with Crippen molar-refractivity contribution in [3.63, 3.8) is 0 Å². The summed E-state index contributed by atoms with van der Waals surface area (Å²) in [5, 5.41) is 8.79. The first-order valence-electron chi connectivity index (χ1n) is 8.73. The number of carboxylic acid groups (broad SMARTS) is 1. The smallest absolute Gasteiger partial charge is 0.340 e. The Morgan fingerprint density at radius 2 is 1.45 bits per heavy atom. The second kappa shape index (κ2) is 11.3. The molecule has 3 nitrogen and oxygen atoms in total. The molecule has 0 saturated heterocycles. The normalized spacial score (nSPS) is 11.0. The van der Waals surface area contributed by atoms with Crippen molar-refractivity contribution >= 4 is 5.97 Å². The molecular formula is C18H30FNO2. The zero-order chi connectivity index (χ0) is 16.2. The third kappa shape index (κ3) is 7.62. The number of unbranched alkanes of at least 4 members (excludes halogenated alkanes) is 10. The number of carbonyl (C=O) groups is 1. The van der Waals surface area contributed by atoms with E-state index >= 15 is 0 Å². The lowest BCUT2D eigenvalue weighted by molar-refractivity contribution is 0.0692. The highest BCUT2D eigenvalue weighted by Gasteiger charge is 2.12. The first-order valence-corrected chi connectivity index (χ1v) is 8.73. The van der Waals surface area contributed by atoms with Crippen molar-refractivity contribution in [2.75, 3.05) is 0 Å². The van der Waals surface area contributed by atoms with E-state index in [1.54, 1.807) is 4.57 Å². The van der Waals surface area contributed by atoms with Crippen molar-refractivity contribution in [1.29, 1.82) is 0 Å². The van der Waals surface area contributed by atoms with Crippen LogP contribution < -0.4 is 0 Å². The second-order valence-electron chi connectivity index (χ2n) is 6.10. The molecule has 4 heteroatoms. The molecule has 1 rings (SSSR count). The third-order valence-electron chi connectivity index (χ3n) is 4.08. The Kier molecular flexibility index (Phi) is 9.60. The SMILES string of the molecule is CCCCCCCCCCCCCn1cc(F)c(C(=O)O)c1. The maximum Gasteiger partial charge on any atom is 0.340 e. The van der Waals surface area contributed by atoms with Crippen LogP contribution in [0, 0.1) is 5.82 Å². The van der Waals surface area contributed by atoms with Gasteiger partial charge in [-0.25, -0.2) is 9.18 Å². The van der Waals surface area contributed by atoms with Gasteiger partial charge in [-0.2, -0.15) is 0 Å². The zero-order valence-corrected chi connectivity index (χ0v) is 13.8. The molecule has 22 heavy (non-hydrogen) atoms. The van der Waals surface area contributed by atoms with E-state index in [9.17, 15) is 9.18 Å². The highest BCUT2D eigenvalue weighted by atomic mass is 19.1. The van der Waals surface area contributed by atoms with Gasteiger partial charge in [-0.3, -0.25) is 0 Å². The summed E-state index contributed by atoms with van der Waals surface area (Å²) in [5.74, 6) is -1.84. The number of rotatable bonds is 13. The van der Waals surface area contributed by atoms with E-state index in [1.165, 1.54) is 70.2 Å². The van der Waals surface area contributed by atoms with Gasteiger partial charge in [0.1, 0.15) is 5.56 Å². The highest BCUT2D eigenvalue weighted by Crippen LogP contribution is 2.13. The first-order chi connectivity index (χ1) is 10.6. The quantitative estimate of drug-likeness (QED) is 0.479. The summed E-state index contributed by atoms with van der Waals surface area (Å²) in [6.45, 7) is 2.94. The number of aromatic nitrogens is 1. The maximum atomic E-state index is 13.3. The fraction of sp³-hybridized carbons (Fsp3) is 0.722. The van der Waals surface area contributed by atoms with Crippen LogP contribution in [0.25, 0.3) is 0 Å². The van der Waals surface area contributed by atoms with Crippen molar-refractivity contribution in [3.8, 4) is 0 Å². The molecule has 0 radical (unpaired) electrons. The average molecular weight is 311 g/mol. The summed E-state index contributed by atoms with van der Waals surface area (Å²) in [6, 6.07) is 0. The lowest BCUT2D eigenvalue weighted by Crippen LogP contribution is -1.97. The van der Waals surface area contributed by atoms with Gasteiger partial charge < -0.3 is 9.67 Å².